The summed E-state index contributed by atoms with van der Waals surface area (Å²) in [5, 5.41) is 14.0. The molecule has 0 amide bonds. The van der Waals surface area contributed by atoms with E-state index in [0.29, 0.717) is 12.0 Å². The Morgan fingerprint density at radius 3 is 2.65 bits per heavy atom. The Labute approximate surface area is 121 Å². The SMILES string of the molecule is CC1(C)CCC(O)(CNc2ccc3c(n2)CCC3)CC1. The van der Waals surface area contributed by atoms with Crippen LogP contribution in [0.15, 0.2) is 12.1 Å². The molecule has 0 radical (unpaired) electrons. The number of aryl methyl sites for hydroxylation is 2. The van der Waals surface area contributed by atoms with E-state index in [9.17, 15) is 5.11 Å². The molecule has 2 aliphatic rings. The van der Waals surface area contributed by atoms with E-state index in [-0.39, 0.29) is 0 Å². The highest BCUT2D eigenvalue weighted by atomic mass is 16.3. The van der Waals surface area contributed by atoms with Gasteiger partial charge < -0.3 is 10.4 Å². The zero-order valence-electron chi connectivity index (χ0n) is 12.7. The monoisotopic (exact) mass is 274 g/mol. The number of aromatic nitrogens is 1. The van der Waals surface area contributed by atoms with Gasteiger partial charge in [0.05, 0.1) is 5.60 Å². The zero-order chi connectivity index (χ0) is 14.2. The van der Waals surface area contributed by atoms with E-state index in [2.05, 4.69) is 36.3 Å². The average molecular weight is 274 g/mol. The standard InChI is InChI=1S/C17H26N2O/c1-16(2)8-10-17(20,11-9-16)12-18-15-7-6-13-4-3-5-14(13)19-15/h6-7,20H,3-5,8-12H2,1-2H3,(H,18,19). The summed E-state index contributed by atoms with van der Waals surface area (Å²) < 4.78 is 0. The van der Waals surface area contributed by atoms with Crippen molar-refractivity contribution in [1.82, 2.24) is 4.98 Å². The third-order valence-corrected chi connectivity index (χ3v) is 5.06. The zero-order valence-corrected chi connectivity index (χ0v) is 12.7. The Morgan fingerprint density at radius 2 is 1.90 bits per heavy atom. The molecule has 1 aromatic heterocycles. The van der Waals surface area contributed by atoms with Gasteiger partial charge in [-0.05, 0) is 62.0 Å². The molecule has 110 valence electrons. The summed E-state index contributed by atoms with van der Waals surface area (Å²) in [7, 11) is 0. The molecular formula is C17H26N2O. The molecule has 0 aliphatic heterocycles. The van der Waals surface area contributed by atoms with Crippen LogP contribution in [0.5, 0.6) is 0 Å². The second-order valence-corrected chi connectivity index (χ2v) is 7.40. The van der Waals surface area contributed by atoms with Crippen LogP contribution in [-0.4, -0.2) is 22.2 Å². The maximum atomic E-state index is 10.7. The highest BCUT2D eigenvalue weighted by molar-refractivity contribution is 5.40. The summed E-state index contributed by atoms with van der Waals surface area (Å²) in [5.74, 6) is 0.920. The highest BCUT2D eigenvalue weighted by Gasteiger charge is 2.36. The summed E-state index contributed by atoms with van der Waals surface area (Å²) in [5.41, 5.74) is 2.47. The van der Waals surface area contributed by atoms with Gasteiger partial charge in [0.25, 0.3) is 0 Å². The van der Waals surface area contributed by atoms with Crippen LogP contribution in [0.25, 0.3) is 0 Å². The topological polar surface area (TPSA) is 45.1 Å². The molecule has 2 N–H and O–H groups in total. The molecule has 0 aromatic carbocycles. The van der Waals surface area contributed by atoms with Crippen molar-refractivity contribution in [2.24, 2.45) is 5.41 Å². The van der Waals surface area contributed by atoms with Crippen LogP contribution in [0.2, 0.25) is 0 Å². The number of hydrogen-bond acceptors (Lipinski definition) is 3. The third-order valence-electron chi connectivity index (χ3n) is 5.06. The van der Waals surface area contributed by atoms with Gasteiger partial charge in [0.2, 0.25) is 0 Å². The molecule has 20 heavy (non-hydrogen) atoms. The maximum absolute atomic E-state index is 10.7. The first-order valence-corrected chi connectivity index (χ1v) is 7.91. The first-order chi connectivity index (χ1) is 9.46. The number of rotatable bonds is 3. The molecule has 3 heteroatoms. The lowest BCUT2D eigenvalue weighted by Crippen LogP contribution is -2.42. The lowest BCUT2D eigenvalue weighted by atomic mass is 9.71. The van der Waals surface area contributed by atoms with E-state index in [1.807, 2.05) is 0 Å². The van der Waals surface area contributed by atoms with Crippen molar-refractivity contribution in [2.45, 2.75) is 64.4 Å². The molecule has 0 saturated heterocycles. The summed E-state index contributed by atoms with van der Waals surface area (Å²) in [6.07, 6.45) is 7.47. The fourth-order valence-corrected chi connectivity index (χ4v) is 3.34. The van der Waals surface area contributed by atoms with E-state index in [4.69, 9.17) is 0 Å². The molecule has 0 unspecified atom stereocenters. The fourth-order valence-electron chi connectivity index (χ4n) is 3.34. The van der Waals surface area contributed by atoms with Crippen molar-refractivity contribution >= 4 is 5.82 Å². The molecule has 1 heterocycles. The number of nitrogens with one attached hydrogen (secondary N) is 1. The minimum atomic E-state index is -0.559. The normalized spacial score (nSPS) is 23.4. The second-order valence-electron chi connectivity index (χ2n) is 7.40. The van der Waals surface area contributed by atoms with Gasteiger partial charge in [0.15, 0.2) is 0 Å². The van der Waals surface area contributed by atoms with Gasteiger partial charge in [-0.25, -0.2) is 4.98 Å². The first-order valence-electron chi connectivity index (χ1n) is 7.91. The van der Waals surface area contributed by atoms with Gasteiger partial charge in [0, 0.05) is 12.2 Å². The lowest BCUT2D eigenvalue weighted by Gasteiger charge is -2.40. The molecule has 3 nitrogen and oxygen atoms in total. The molecule has 0 spiro atoms. The van der Waals surface area contributed by atoms with Gasteiger partial charge in [-0.2, -0.15) is 0 Å². The molecule has 0 bridgehead atoms. The molecule has 2 aliphatic carbocycles. The Bertz CT molecular complexity index is 486. The van der Waals surface area contributed by atoms with Gasteiger partial charge in [0.1, 0.15) is 5.82 Å². The van der Waals surface area contributed by atoms with E-state index in [1.54, 1.807) is 0 Å². The van der Waals surface area contributed by atoms with Gasteiger partial charge >= 0.3 is 0 Å². The van der Waals surface area contributed by atoms with Crippen molar-refractivity contribution in [3.8, 4) is 0 Å². The molecule has 0 atom stereocenters. The molecule has 1 fully saturated rings. The molecular weight excluding hydrogens is 248 g/mol. The van der Waals surface area contributed by atoms with Crippen molar-refractivity contribution in [3.63, 3.8) is 0 Å². The number of pyridine rings is 1. The van der Waals surface area contributed by atoms with Crippen LogP contribution in [-0.2, 0) is 12.8 Å². The van der Waals surface area contributed by atoms with Crippen LogP contribution >= 0.6 is 0 Å². The Kier molecular flexibility index (Phi) is 3.49. The Balaban J connectivity index is 1.59. The number of anilines is 1. The Morgan fingerprint density at radius 1 is 1.15 bits per heavy atom. The van der Waals surface area contributed by atoms with Crippen molar-refractivity contribution in [3.05, 3.63) is 23.4 Å². The van der Waals surface area contributed by atoms with Crippen LogP contribution < -0.4 is 5.32 Å². The van der Waals surface area contributed by atoms with Crippen molar-refractivity contribution in [1.29, 1.82) is 0 Å². The fraction of sp³-hybridized carbons (Fsp3) is 0.706. The third kappa shape index (κ3) is 2.98. The maximum Gasteiger partial charge on any atom is 0.126 e. The van der Waals surface area contributed by atoms with E-state index < -0.39 is 5.60 Å². The summed E-state index contributed by atoms with van der Waals surface area (Å²) in [6, 6.07) is 4.24. The number of hydrogen-bond donors (Lipinski definition) is 2. The van der Waals surface area contributed by atoms with Crippen molar-refractivity contribution in [2.75, 3.05) is 11.9 Å². The van der Waals surface area contributed by atoms with Crippen LogP contribution in [0.4, 0.5) is 5.82 Å². The lowest BCUT2D eigenvalue weighted by molar-refractivity contribution is -0.0145. The van der Waals surface area contributed by atoms with Gasteiger partial charge in [-0.3, -0.25) is 0 Å². The van der Waals surface area contributed by atoms with Gasteiger partial charge in [-0.1, -0.05) is 19.9 Å². The predicted octanol–water partition coefficient (Wildman–Crippen LogP) is 3.31. The summed E-state index contributed by atoms with van der Waals surface area (Å²) >= 11 is 0. The number of nitrogens with zero attached hydrogens (tertiary/aromatic N) is 1. The minimum Gasteiger partial charge on any atom is -0.388 e. The van der Waals surface area contributed by atoms with E-state index in [0.717, 1.165) is 37.9 Å². The molecule has 3 rings (SSSR count). The predicted molar refractivity (Wildman–Crippen MR) is 82.0 cm³/mol. The van der Waals surface area contributed by atoms with Crippen LogP contribution in [0.3, 0.4) is 0 Å². The molecule has 1 saturated carbocycles. The van der Waals surface area contributed by atoms with Crippen LogP contribution in [0.1, 0.15) is 57.2 Å². The largest absolute Gasteiger partial charge is 0.388 e. The van der Waals surface area contributed by atoms with Crippen molar-refractivity contribution < 1.29 is 5.11 Å². The smallest absolute Gasteiger partial charge is 0.126 e. The Hall–Kier alpha value is -1.09. The second kappa shape index (κ2) is 5.03. The van der Waals surface area contributed by atoms with Crippen LogP contribution in [0, 0.1) is 5.41 Å². The van der Waals surface area contributed by atoms with Gasteiger partial charge in [-0.15, -0.1) is 0 Å². The van der Waals surface area contributed by atoms with E-state index in [1.165, 1.54) is 24.1 Å². The summed E-state index contributed by atoms with van der Waals surface area (Å²) in [6.45, 7) is 5.21. The number of fused-ring (bicyclic) bond motifs is 1. The molecule has 1 aromatic rings. The minimum absolute atomic E-state index is 0.387. The summed E-state index contributed by atoms with van der Waals surface area (Å²) in [4.78, 5) is 4.68. The number of aliphatic hydroxyl groups is 1. The first kappa shape index (κ1) is 13.9. The average Bonchev–Trinajstić information content (AvgIpc) is 2.88. The van der Waals surface area contributed by atoms with E-state index >= 15 is 0 Å². The highest BCUT2D eigenvalue weighted by Crippen LogP contribution is 2.40. The quantitative estimate of drug-likeness (QED) is 0.889.